The van der Waals surface area contributed by atoms with Crippen LogP contribution in [-0.4, -0.2) is 12.2 Å². The van der Waals surface area contributed by atoms with Gasteiger partial charge in [-0.1, -0.05) is 23.3 Å². The minimum atomic E-state index is -0.407. The average molecular weight is 210 g/mol. The molecule has 1 unspecified atom stereocenters. The van der Waals surface area contributed by atoms with E-state index in [1.54, 1.807) is 0 Å². The van der Waals surface area contributed by atoms with Crippen LogP contribution in [0.2, 0.25) is 0 Å². The Hall–Kier alpha value is -0.900. The van der Waals surface area contributed by atoms with Crippen LogP contribution in [0.4, 0.5) is 0 Å². The molecule has 0 aliphatic carbocycles. The lowest BCUT2D eigenvalue weighted by Gasteiger charge is -2.39. The Morgan fingerprint density at radius 3 is 2.33 bits per heavy atom. The predicted molar refractivity (Wildman–Crippen MR) is 58.8 cm³/mol. The van der Waals surface area contributed by atoms with E-state index in [-0.39, 0.29) is 5.92 Å². The van der Waals surface area contributed by atoms with Gasteiger partial charge in [0, 0.05) is 5.92 Å². The first-order valence-electron chi connectivity index (χ1n) is 5.09. The maximum absolute atomic E-state index is 5.30. The Balaban J connectivity index is 2.81. The van der Waals surface area contributed by atoms with Gasteiger partial charge in [0.1, 0.15) is 5.60 Å². The zero-order valence-corrected chi connectivity index (χ0v) is 8.98. The molecule has 3 nitrogen and oxygen atoms in total. The third-order valence-electron chi connectivity index (χ3n) is 2.69. The second-order valence-corrected chi connectivity index (χ2v) is 3.71. The van der Waals surface area contributed by atoms with Crippen molar-refractivity contribution in [2.24, 2.45) is 5.92 Å². The van der Waals surface area contributed by atoms with Crippen LogP contribution in [0.1, 0.15) is 19.3 Å². The summed E-state index contributed by atoms with van der Waals surface area (Å²) in [6, 6.07) is 0. The van der Waals surface area contributed by atoms with Crippen LogP contribution in [0.5, 0.6) is 0 Å². The monoisotopic (exact) mass is 210 g/mol. The summed E-state index contributed by atoms with van der Waals surface area (Å²) >= 11 is 0. The molecule has 1 saturated heterocycles. The van der Waals surface area contributed by atoms with Gasteiger partial charge in [0.2, 0.25) is 0 Å². The first-order valence-corrected chi connectivity index (χ1v) is 5.09. The number of rotatable bonds is 6. The first-order chi connectivity index (χ1) is 7.29. The molecule has 0 aromatic rings. The van der Waals surface area contributed by atoms with Crippen molar-refractivity contribution in [3.05, 3.63) is 38.0 Å². The van der Waals surface area contributed by atoms with E-state index in [1.165, 1.54) is 0 Å². The highest BCUT2D eigenvalue weighted by Gasteiger charge is 2.42. The number of allylic oxidation sites excluding steroid dienone is 1. The van der Waals surface area contributed by atoms with Gasteiger partial charge < -0.3 is 0 Å². The molecule has 1 aliphatic heterocycles. The third kappa shape index (κ3) is 2.78. The van der Waals surface area contributed by atoms with Crippen molar-refractivity contribution in [3.8, 4) is 0 Å². The fraction of sp³-hybridized carbons (Fsp3) is 0.500. The molecule has 0 N–H and O–H groups in total. The Morgan fingerprint density at radius 1 is 1.13 bits per heavy atom. The fourth-order valence-corrected chi connectivity index (χ4v) is 1.88. The Labute approximate surface area is 90.9 Å². The van der Waals surface area contributed by atoms with Crippen molar-refractivity contribution in [1.29, 1.82) is 0 Å². The maximum Gasteiger partial charge on any atom is 0.119 e. The molecule has 0 saturated carbocycles. The molecular formula is C12H18O3. The highest BCUT2D eigenvalue weighted by molar-refractivity contribution is 4.99. The van der Waals surface area contributed by atoms with Crippen LogP contribution < -0.4 is 0 Å². The lowest BCUT2D eigenvalue weighted by atomic mass is 9.80. The van der Waals surface area contributed by atoms with E-state index in [0.717, 1.165) is 6.42 Å². The van der Waals surface area contributed by atoms with Gasteiger partial charge in [-0.15, -0.1) is 19.7 Å². The topological polar surface area (TPSA) is 27.7 Å². The van der Waals surface area contributed by atoms with Gasteiger partial charge in [-0.05, 0) is 19.3 Å². The van der Waals surface area contributed by atoms with Gasteiger partial charge in [0.05, 0.1) is 6.61 Å². The smallest absolute Gasteiger partial charge is 0.119 e. The summed E-state index contributed by atoms with van der Waals surface area (Å²) in [7, 11) is 0. The van der Waals surface area contributed by atoms with Gasteiger partial charge in [-0.25, -0.2) is 4.89 Å². The molecule has 0 amide bonds. The summed E-state index contributed by atoms with van der Waals surface area (Å²) in [6.07, 6.45) is 7.76. The SMILES string of the molecule is C=CCC1COOOC1(CC=C)CC=C. The van der Waals surface area contributed by atoms with E-state index in [4.69, 9.17) is 9.78 Å². The standard InChI is InChI=1S/C12H18O3/c1-4-7-11-10-13-15-14-12(11,8-5-2)9-6-3/h4-6,11H,1-3,7-10H2. The van der Waals surface area contributed by atoms with Gasteiger partial charge in [0.25, 0.3) is 0 Å². The van der Waals surface area contributed by atoms with Gasteiger partial charge >= 0.3 is 0 Å². The van der Waals surface area contributed by atoms with Crippen molar-refractivity contribution in [2.75, 3.05) is 6.61 Å². The second kappa shape index (κ2) is 5.85. The largest absolute Gasteiger partial charge is 0.206 e. The van der Waals surface area contributed by atoms with E-state index in [2.05, 4.69) is 24.8 Å². The van der Waals surface area contributed by atoms with Gasteiger partial charge in [0.15, 0.2) is 0 Å². The van der Waals surface area contributed by atoms with E-state index >= 15 is 0 Å². The molecule has 84 valence electrons. The molecular weight excluding hydrogens is 192 g/mol. The molecule has 3 heteroatoms. The van der Waals surface area contributed by atoms with Crippen LogP contribution in [-0.2, 0) is 14.8 Å². The van der Waals surface area contributed by atoms with Crippen molar-refractivity contribution in [3.63, 3.8) is 0 Å². The highest BCUT2D eigenvalue weighted by Crippen LogP contribution is 2.36. The van der Waals surface area contributed by atoms with Gasteiger partial charge in [-0.2, -0.15) is 4.89 Å². The molecule has 1 heterocycles. The van der Waals surface area contributed by atoms with Crippen LogP contribution in [0.25, 0.3) is 0 Å². The molecule has 15 heavy (non-hydrogen) atoms. The van der Waals surface area contributed by atoms with Crippen LogP contribution in [0.15, 0.2) is 38.0 Å². The summed E-state index contributed by atoms with van der Waals surface area (Å²) in [5.41, 5.74) is -0.407. The molecule has 0 aromatic carbocycles. The predicted octanol–water partition coefficient (Wildman–Crippen LogP) is 2.96. The summed E-state index contributed by atoms with van der Waals surface area (Å²) in [5, 5.41) is 4.64. The average Bonchev–Trinajstić information content (AvgIpc) is 2.23. The zero-order chi connectivity index (χ0) is 11.1. The Bertz CT molecular complexity index is 225. The van der Waals surface area contributed by atoms with Crippen molar-refractivity contribution >= 4 is 0 Å². The normalized spacial score (nSPS) is 24.4. The molecule has 0 radical (unpaired) electrons. The maximum atomic E-state index is 5.30. The highest BCUT2D eigenvalue weighted by atomic mass is 17.5. The number of hydrogen-bond acceptors (Lipinski definition) is 3. The van der Waals surface area contributed by atoms with E-state index in [1.807, 2.05) is 18.2 Å². The quantitative estimate of drug-likeness (QED) is 0.498. The molecule has 1 atom stereocenters. The first kappa shape index (κ1) is 12.2. The second-order valence-electron chi connectivity index (χ2n) is 3.71. The molecule has 0 aromatic heterocycles. The lowest BCUT2D eigenvalue weighted by molar-refractivity contribution is -0.579. The lowest BCUT2D eigenvalue weighted by Crippen LogP contribution is -2.46. The zero-order valence-electron chi connectivity index (χ0n) is 8.98. The van der Waals surface area contributed by atoms with Crippen molar-refractivity contribution in [1.82, 2.24) is 0 Å². The summed E-state index contributed by atoms with van der Waals surface area (Å²) < 4.78 is 0. The van der Waals surface area contributed by atoms with E-state index in [0.29, 0.717) is 19.4 Å². The minimum absolute atomic E-state index is 0.222. The van der Waals surface area contributed by atoms with Crippen LogP contribution >= 0.6 is 0 Å². The number of hydrogen-bond donors (Lipinski definition) is 0. The van der Waals surface area contributed by atoms with Crippen LogP contribution in [0, 0.1) is 5.92 Å². The molecule has 0 spiro atoms. The Kier molecular flexibility index (Phi) is 4.75. The molecule has 1 rings (SSSR count). The molecule has 1 aliphatic rings. The van der Waals surface area contributed by atoms with Crippen molar-refractivity contribution < 1.29 is 14.8 Å². The summed E-state index contributed by atoms with van der Waals surface area (Å²) in [6.45, 7) is 11.7. The summed E-state index contributed by atoms with van der Waals surface area (Å²) in [5.74, 6) is 0.222. The fourth-order valence-electron chi connectivity index (χ4n) is 1.88. The van der Waals surface area contributed by atoms with E-state index in [9.17, 15) is 0 Å². The minimum Gasteiger partial charge on any atom is -0.206 e. The van der Waals surface area contributed by atoms with Gasteiger partial charge in [-0.3, -0.25) is 0 Å². The Morgan fingerprint density at radius 2 is 1.80 bits per heavy atom. The molecule has 1 fully saturated rings. The van der Waals surface area contributed by atoms with Crippen molar-refractivity contribution in [2.45, 2.75) is 24.9 Å². The summed E-state index contributed by atoms with van der Waals surface area (Å²) in [4.78, 5) is 10.1. The van der Waals surface area contributed by atoms with E-state index < -0.39 is 5.60 Å². The third-order valence-corrected chi connectivity index (χ3v) is 2.69. The van der Waals surface area contributed by atoms with Crippen LogP contribution in [0.3, 0.4) is 0 Å². The molecule has 0 bridgehead atoms.